The normalized spacial score (nSPS) is 17.4. The van der Waals surface area contributed by atoms with Crippen LogP contribution in [-0.2, 0) is 7.05 Å². The van der Waals surface area contributed by atoms with E-state index in [2.05, 4.69) is 15.5 Å². The fraction of sp³-hybridized carbons (Fsp3) is 0.500. The highest BCUT2D eigenvalue weighted by atomic mass is 16.5. The van der Waals surface area contributed by atoms with E-state index in [1.54, 1.807) is 6.33 Å². The predicted molar refractivity (Wildman–Crippen MR) is 94.6 cm³/mol. The molecule has 25 heavy (non-hydrogen) atoms. The third-order valence-corrected chi connectivity index (χ3v) is 4.46. The lowest BCUT2D eigenvalue weighted by Gasteiger charge is -2.32. The van der Waals surface area contributed by atoms with Gasteiger partial charge in [0, 0.05) is 26.1 Å². The Bertz CT molecular complexity index is 715. The molecular formula is C18H25N5O2. The molecule has 1 saturated heterocycles. The lowest BCUT2D eigenvalue weighted by Crippen LogP contribution is -2.46. The van der Waals surface area contributed by atoms with Gasteiger partial charge in [0.1, 0.15) is 24.5 Å². The number of nitrogens with zero attached hydrogens (tertiary/aromatic N) is 4. The number of benzene rings is 1. The van der Waals surface area contributed by atoms with Crippen LogP contribution in [0.15, 0.2) is 30.6 Å². The van der Waals surface area contributed by atoms with E-state index in [0.717, 1.165) is 36.5 Å². The number of aryl methyl sites for hydroxylation is 2. The Morgan fingerprint density at radius 3 is 3.08 bits per heavy atom. The van der Waals surface area contributed by atoms with Gasteiger partial charge in [0.25, 0.3) is 0 Å². The highest BCUT2D eigenvalue weighted by molar-refractivity contribution is 5.74. The summed E-state index contributed by atoms with van der Waals surface area (Å²) in [7, 11) is 1.94. The topological polar surface area (TPSA) is 72.3 Å². The third kappa shape index (κ3) is 4.49. The number of urea groups is 1. The number of piperidine rings is 1. The van der Waals surface area contributed by atoms with Gasteiger partial charge >= 0.3 is 6.03 Å². The summed E-state index contributed by atoms with van der Waals surface area (Å²) < 4.78 is 7.60. The maximum Gasteiger partial charge on any atom is 0.317 e. The fourth-order valence-corrected chi connectivity index (χ4v) is 3.18. The standard InChI is InChI=1S/C18H25N5O2/c1-14-5-3-7-16(11-14)25-10-8-19-18(24)23-9-4-6-15(12-23)17-21-20-13-22(17)2/h3,5,7,11,13,15H,4,6,8-10,12H2,1-2H3,(H,19,24). The molecule has 0 spiro atoms. The Labute approximate surface area is 148 Å². The van der Waals surface area contributed by atoms with Crippen molar-refractivity contribution in [2.75, 3.05) is 26.2 Å². The van der Waals surface area contributed by atoms with Gasteiger partial charge in [-0.05, 0) is 37.5 Å². The summed E-state index contributed by atoms with van der Waals surface area (Å²) in [6, 6.07) is 7.85. The molecule has 7 nitrogen and oxygen atoms in total. The molecule has 1 fully saturated rings. The highest BCUT2D eigenvalue weighted by Crippen LogP contribution is 2.24. The van der Waals surface area contributed by atoms with Crippen molar-refractivity contribution in [1.82, 2.24) is 25.0 Å². The molecule has 7 heteroatoms. The first-order valence-electron chi connectivity index (χ1n) is 8.69. The van der Waals surface area contributed by atoms with Crippen LogP contribution < -0.4 is 10.1 Å². The number of hydrogen-bond acceptors (Lipinski definition) is 4. The smallest absolute Gasteiger partial charge is 0.317 e. The molecule has 3 rings (SSSR count). The number of ether oxygens (including phenoxy) is 1. The summed E-state index contributed by atoms with van der Waals surface area (Å²) in [4.78, 5) is 14.2. The minimum absolute atomic E-state index is 0.0419. The van der Waals surface area contributed by atoms with Gasteiger partial charge in [0.05, 0.1) is 6.54 Å². The minimum atomic E-state index is -0.0419. The SMILES string of the molecule is Cc1cccc(OCCNC(=O)N2CCCC(c3nncn3C)C2)c1. The van der Waals surface area contributed by atoms with Crippen LogP contribution in [0.25, 0.3) is 0 Å². The Kier molecular flexibility index (Phi) is 5.53. The van der Waals surface area contributed by atoms with Gasteiger partial charge in [-0.3, -0.25) is 0 Å². The predicted octanol–water partition coefficient (Wildman–Crippen LogP) is 2.09. The van der Waals surface area contributed by atoms with E-state index >= 15 is 0 Å². The number of aromatic nitrogens is 3. The van der Waals surface area contributed by atoms with Crippen LogP contribution in [0, 0.1) is 6.92 Å². The summed E-state index contributed by atoms with van der Waals surface area (Å²) in [6.45, 7) is 4.42. The molecule has 0 aliphatic carbocycles. The average Bonchev–Trinajstić information content (AvgIpc) is 3.05. The molecule has 134 valence electrons. The minimum Gasteiger partial charge on any atom is -0.492 e. The third-order valence-electron chi connectivity index (χ3n) is 4.46. The Hall–Kier alpha value is -2.57. The first kappa shape index (κ1) is 17.3. The van der Waals surface area contributed by atoms with Gasteiger partial charge in [0.15, 0.2) is 0 Å². The summed E-state index contributed by atoms with van der Waals surface area (Å²) in [5.74, 6) is 2.02. The molecule has 2 amide bonds. The Morgan fingerprint density at radius 1 is 1.44 bits per heavy atom. The van der Waals surface area contributed by atoms with Crippen molar-refractivity contribution in [3.05, 3.63) is 42.0 Å². The number of likely N-dealkylation sites (tertiary alicyclic amines) is 1. The monoisotopic (exact) mass is 343 g/mol. The van der Waals surface area contributed by atoms with Crippen molar-refractivity contribution >= 4 is 6.03 Å². The van der Waals surface area contributed by atoms with E-state index in [1.807, 2.05) is 47.7 Å². The van der Waals surface area contributed by atoms with Gasteiger partial charge in [-0.15, -0.1) is 10.2 Å². The summed E-state index contributed by atoms with van der Waals surface area (Å²) in [6.07, 6.45) is 3.72. The summed E-state index contributed by atoms with van der Waals surface area (Å²) in [5.41, 5.74) is 1.16. The van der Waals surface area contributed by atoms with Crippen molar-refractivity contribution in [3.8, 4) is 5.75 Å². The van der Waals surface area contributed by atoms with Crippen LogP contribution in [0.3, 0.4) is 0 Å². The first-order chi connectivity index (χ1) is 12.1. The number of carbonyl (C=O) groups is 1. The van der Waals surface area contributed by atoms with Gasteiger partial charge in [-0.1, -0.05) is 12.1 Å². The lowest BCUT2D eigenvalue weighted by atomic mass is 9.97. The Balaban J connectivity index is 1.44. The molecule has 1 aliphatic heterocycles. The van der Waals surface area contributed by atoms with Crippen molar-refractivity contribution in [2.45, 2.75) is 25.7 Å². The quantitative estimate of drug-likeness (QED) is 0.844. The van der Waals surface area contributed by atoms with Crippen LogP contribution in [-0.4, -0.2) is 51.9 Å². The van der Waals surface area contributed by atoms with Crippen molar-refractivity contribution in [1.29, 1.82) is 0 Å². The number of rotatable bonds is 5. The van der Waals surface area contributed by atoms with Crippen molar-refractivity contribution in [3.63, 3.8) is 0 Å². The molecule has 0 bridgehead atoms. The molecule has 1 aromatic carbocycles. The molecule has 1 atom stereocenters. The molecule has 2 aromatic rings. The molecule has 0 saturated carbocycles. The number of amides is 2. The van der Waals surface area contributed by atoms with Crippen LogP contribution >= 0.6 is 0 Å². The van der Waals surface area contributed by atoms with E-state index in [1.165, 1.54) is 0 Å². The van der Waals surface area contributed by atoms with Gasteiger partial charge in [-0.2, -0.15) is 0 Å². The second kappa shape index (κ2) is 8.00. The largest absolute Gasteiger partial charge is 0.492 e. The second-order valence-corrected chi connectivity index (χ2v) is 6.48. The first-order valence-corrected chi connectivity index (χ1v) is 8.69. The van der Waals surface area contributed by atoms with Crippen LogP contribution in [0.2, 0.25) is 0 Å². The Morgan fingerprint density at radius 2 is 2.32 bits per heavy atom. The average molecular weight is 343 g/mol. The van der Waals surface area contributed by atoms with Gasteiger partial charge in [-0.25, -0.2) is 4.79 Å². The fourth-order valence-electron chi connectivity index (χ4n) is 3.18. The van der Waals surface area contributed by atoms with E-state index in [9.17, 15) is 4.79 Å². The molecule has 1 unspecified atom stereocenters. The molecular weight excluding hydrogens is 318 g/mol. The van der Waals surface area contributed by atoms with Crippen molar-refractivity contribution < 1.29 is 9.53 Å². The maximum atomic E-state index is 12.4. The number of hydrogen-bond donors (Lipinski definition) is 1. The van der Waals surface area contributed by atoms with Crippen molar-refractivity contribution in [2.24, 2.45) is 7.05 Å². The molecule has 1 aliphatic rings. The van der Waals surface area contributed by atoms with Crippen LogP contribution in [0.1, 0.15) is 30.1 Å². The number of nitrogens with one attached hydrogen (secondary N) is 1. The molecule has 2 heterocycles. The lowest BCUT2D eigenvalue weighted by molar-refractivity contribution is 0.175. The number of carbonyl (C=O) groups excluding carboxylic acids is 1. The van der Waals surface area contributed by atoms with Crippen LogP contribution in [0.5, 0.6) is 5.75 Å². The zero-order valence-electron chi connectivity index (χ0n) is 14.8. The zero-order valence-corrected chi connectivity index (χ0v) is 14.8. The second-order valence-electron chi connectivity index (χ2n) is 6.48. The molecule has 1 N–H and O–H groups in total. The van der Waals surface area contributed by atoms with Gasteiger partial charge in [0.2, 0.25) is 0 Å². The zero-order chi connectivity index (χ0) is 17.6. The van der Waals surface area contributed by atoms with E-state index in [0.29, 0.717) is 19.7 Å². The maximum absolute atomic E-state index is 12.4. The highest BCUT2D eigenvalue weighted by Gasteiger charge is 2.27. The van der Waals surface area contributed by atoms with E-state index < -0.39 is 0 Å². The van der Waals surface area contributed by atoms with E-state index in [-0.39, 0.29) is 11.9 Å². The van der Waals surface area contributed by atoms with Gasteiger partial charge < -0.3 is 19.5 Å². The summed E-state index contributed by atoms with van der Waals surface area (Å²) in [5, 5.41) is 11.1. The summed E-state index contributed by atoms with van der Waals surface area (Å²) >= 11 is 0. The van der Waals surface area contributed by atoms with Crippen LogP contribution in [0.4, 0.5) is 4.79 Å². The molecule has 1 aromatic heterocycles. The molecule has 0 radical (unpaired) electrons. The van der Waals surface area contributed by atoms with E-state index in [4.69, 9.17) is 4.74 Å².